The van der Waals surface area contributed by atoms with Gasteiger partial charge in [0.15, 0.2) is 0 Å². The Hall–Kier alpha value is -1.84. The first kappa shape index (κ1) is 14.6. The molecular formula is C16H22N2O2. The Balaban J connectivity index is 1.98. The van der Waals surface area contributed by atoms with Gasteiger partial charge in [0.2, 0.25) is 5.91 Å². The van der Waals surface area contributed by atoms with E-state index in [9.17, 15) is 9.59 Å². The highest BCUT2D eigenvalue weighted by Crippen LogP contribution is 2.20. The molecular weight excluding hydrogens is 252 g/mol. The van der Waals surface area contributed by atoms with Crippen molar-refractivity contribution >= 4 is 17.5 Å². The lowest BCUT2D eigenvalue weighted by Crippen LogP contribution is -2.25. The number of carbonyl (C=O) groups is 2. The maximum absolute atomic E-state index is 12.0. The number of rotatable bonds is 6. The molecule has 0 saturated heterocycles. The van der Waals surface area contributed by atoms with E-state index in [-0.39, 0.29) is 17.7 Å². The molecule has 1 unspecified atom stereocenters. The third-order valence-electron chi connectivity index (χ3n) is 3.47. The van der Waals surface area contributed by atoms with Crippen LogP contribution in [-0.2, 0) is 4.79 Å². The molecule has 4 nitrogen and oxygen atoms in total. The van der Waals surface area contributed by atoms with E-state index < -0.39 is 0 Å². The summed E-state index contributed by atoms with van der Waals surface area (Å²) in [4.78, 5) is 23.9. The molecule has 1 aliphatic rings. The van der Waals surface area contributed by atoms with Crippen LogP contribution in [0.5, 0.6) is 0 Å². The summed E-state index contributed by atoms with van der Waals surface area (Å²) >= 11 is 0. The van der Waals surface area contributed by atoms with Crippen LogP contribution in [0.25, 0.3) is 0 Å². The van der Waals surface area contributed by atoms with Gasteiger partial charge in [-0.1, -0.05) is 26.3 Å². The highest BCUT2D eigenvalue weighted by molar-refractivity contribution is 5.97. The van der Waals surface area contributed by atoms with Crippen LogP contribution in [0.2, 0.25) is 0 Å². The lowest BCUT2D eigenvalue weighted by Gasteiger charge is -2.12. The van der Waals surface area contributed by atoms with Crippen molar-refractivity contribution in [3.05, 3.63) is 29.8 Å². The van der Waals surface area contributed by atoms with Crippen molar-refractivity contribution in [1.29, 1.82) is 0 Å². The predicted molar refractivity (Wildman–Crippen MR) is 79.6 cm³/mol. The van der Waals surface area contributed by atoms with Crippen LogP contribution in [0.4, 0.5) is 5.69 Å². The Morgan fingerprint density at radius 1 is 1.35 bits per heavy atom. The lowest BCUT2D eigenvalue weighted by atomic mass is 10.1. The van der Waals surface area contributed by atoms with Crippen molar-refractivity contribution in [2.45, 2.75) is 45.6 Å². The average molecular weight is 274 g/mol. The standard InChI is InChI=1S/C16H22N2O2/c1-3-5-11(2)15(19)18-14-7-4-6-12(10-14)16(20)17-13-8-9-13/h4,6-7,10-11,13H,3,5,8-9H2,1-2H3,(H,17,20)(H,18,19). The van der Waals surface area contributed by atoms with Crippen molar-refractivity contribution in [2.75, 3.05) is 5.32 Å². The molecule has 0 heterocycles. The maximum atomic E-state index is 12.0. The molecule has 1 aliphatic carbocycles. The summed E-state index contributed by atoms with van der Waals surface area (Å²) in [7, 11) is 0. The number of nitrogens with one attached hydrogen (secondary N) is 2. The summed E-state index contributed by atoms with van der Waals surface area (Å²) in [6.07, 6.45) is 3.99. The summed E-state index contributed by atoms with van der Waals surface area (Å²) in [6.45, 7) is 3.98. The minimum atomic E-state index is -0.0646. The van der Waals surface area contributed by atoms with E-state index in [2.05, 4.69) is 17.6 Å². The van der Waals surface area contributed by atoms with Crippen molar-refractivity contribution in [3.8, 4) is 0 Å². The summed E-state index contributed by atoms with van der Waals surface area (Å²) in [5.41, 5.74) is 1.28. The summed E-state index contributed by atoms with van der Waals surface area (Å²) in [5.74, 6) is -0.0687. The van der Waals surface area contributed by atoms with Crippen LogP contribution in [0.3, 0.4) is 0 Å². The van der Waals surface area contributed by atoms with Gasteiger partial charge in [0.25, 0.3) is 5.91 Å². The second-order valence-electron chi connectivity index (χ2n) is 5.51. The summed E-state index contributed by atoms with van der Waals surface area (Å²) in [5, 5.41) is 5.81. The minimum Gasteiger partial charge on any atom is -0.349 e. The number of benzene rings is 1. The molecule has 4 heteroatoms. The fourth-order valence-corrected chi connectivity index (χ4v) is 2.06. The monoisotopic (exact) mass is 274 g/mol. The molecule has 1 atom stereocenters. The number of hydrogen-bond donors (Lipinski definition) is 2. The molecule has 108 valence electrons. The molecule has 1 fully saturated rings. The lowest BCUT2D eigenvalue weighted by molar-refractivity contribution is -0.119. The zero-order chi connectivity index (χ0) is 14.5. The molecule has 0 aliphatic heterocycles. The van der Waals surface area contributed by atoms with Crippen LogP contribution in [0.1, 0.15) is 49.9 Å². The molecule has 2 N–H and O–H groups in total. The quantitative estimate of drug-likeness (QED) is 0.838. The SMILES string of the molecule is CCCC(C)C(=O)Nc1cccc(C(=O)NC2CC2)c1. The topological polar surface area (TPSA) is 58.2 Å². The molecule has 2 rings (SSSR count). The van der Waals surface area contributed by atoms with Crippen LogP contribution in [-0.4, -0.2) is 17.9 Å². The van der Waals surface area contributed by atoms with Gasteiger partial charge in [-0.3, -0.25) is 9.59 Å². The van der Waals surface area contributed by atoms with Gasteiger partial charge in [-0.25, -0.2) is 0 Å². The average Bonchev–Trinajstić information content (AvgIpc) is 3.23. The van der Waals surface area contributed by atoms with Crippen molar-refractivity contribution < 1.29 is 9.59 Å². The molecule has 2 amide bonds. The molecule has 0 radical (unpaired) electrons. The molecule has 1 aromatic rings. The van der Waals surface area contributed by atoms with E-state index in [1.807, 2.05) is 13.0 Å². The summed E-state index contributed by atoms with van der Waals surface area (Å²) in [6, 6.07) is 7.44. The molecule has 0 aromatic heterocycles. The molecule has 0 bridgehead atoms. The molecule has 20 heavy (non-hydrogen) atoms. The number of anilines is 1. The summed E-state index contributed by atoms with van der Waals surface area (Å²) < 4.78 is 0. The van der Waals surface area contributed by atoms with Gasteiger partial charge >= 0.3 is 0 Å². The van der Waals surface area contributed by atoms with E-state index in [0.717, 1.165) is 25.7 Å². The van der Waals surface area contributed by atoms with Gasteiger partial charge in [0.1, 0.15) is 0 Å². The fourth-order valence-electron chi connectivity index (χ4n) is 2.06. The Kier molecular flexibility index (Phi) is 4.77. The van der Waals surface area contributed by atoms with E-state index >= 15 is 0 Å². The van der Waals surface area contributed by atoms with Crippen molar-refractivity contribution in [2.24, 2.45) is 5.92 Å². The highest BCUT2D eigenvalue weighted by Gasteiger charge is 2.23. The van der Waals surface area contributed by atoms with E-state index in [1.165, 1.54) is 0 Å². The zero-order valence-electron chi connectivity index (χ0n) is 12.1. The van der Waals surface area contributed by atoms with Crippen LogP contribution < -0.4 is 10.6 Å². The van der Waals surface area contributed by atoms with E-state index in [0.29, 0.717) is 17.3 Å². The zero-order valence-corrected chi connectivity index (χ0v) is 12.1. The third kappa shape index (κ3) is 4.08. The van der Waals surface area contributed by atoms with Crippen molar-refractivity contribution in [3.63, 3.8) is 0 Å². The van der Waals surface area contributed by atoms with Crippen LogP contribution >= 0.6 is 0 Å². The minimum absolute atomic E-state index is 0.00611. The van der Waals surface area contributed by atoms with E-state index in [4.69, 9.17) is 0 Å². The second kappa shape index (κ2) is 6.55. The number of amides is 2. The Morgan fingerprint density at radius 3 is 2.75 bits per heavy atom. The third-order valence-corrected chi connectivity index (χ3v) is 3.47. The van der Waals surface area contributed by atoms with Gasteiger partial charge in [0, 0.05) is 23.2 Å². The fraction of sp³-hybridized carbons (Fsp3) is 0.500. The van der Waals surface area contributed by atoms with Gasteiger partial charge in [-0.15, -0.1) is 0 Å². The first-order valence-corrected chi connectivity index (χ1v) is 7.32. The van der Waals surface area contributed by atoms with Gasteiger partial charge < -0.3 is 10.6 Å². The van der Waals surface area contributed by atoms with Crippen LogP contribution in [0, 0.1) is 5.92 Å². The van der Waals surface area contributed by atoms with E-state index in [1.54, 1.807) is 18.2 Å². The molecule has 1 aromatic carbocycles. The predicted octanol–water partition coefficient (Wildman–Crippen LogP) is 2.95. The smallest absolute Gasteiger partial charge is 0.251 e. The Labute approximate surface area is 119 Å². The first-order valence-electron chi connectivity index (χ1n) is 7.32. The normalized spacial score (nSPS) is 15.5. The van der Waals surface area contributed by atoms with Gasteiger partial charge in [-0.2, -0.15) is 0 Å². The highest BCUT2D eigenvalue weighted by atomic mass is 16.2. The molecule has 1 saturated carbocycles. The van der Waals surface area contributed by atoms with Crippen molar-refractivity contribution in [1.82, 2.24) is 5.32 Å². The maximum Gasteiger partial charge on any atom is 0.251 e. The van der Waals surface area contributed by atoms with Crippen LogP contribution in [0.15, 0.2) is 24.3 Å². The Morgan fingerprint density at radius 2 is 2.10 bits per heavy atom. The number of carbonyl (C=O) groups excluding carboxylic acids is 2. The first-order chi connectivity index (χ1) is 9.60. The largest absolute Gasteiger partial charge is 0.349 e. The Bertz CT molecular complexity index is 495. The van der Waals surface area contributed by atoms with Gasteiger partial charge in [-0.05, 0) is 37.5 Å². The van der Waals surface area contributed by atoms with Gasteiger partial charge in [0.05, 0.1) is 0 Å². The molecule has 0 spiro atoms. The number of hydrogen-bond acceptors (Lipinski definition) is 2. The second-order valence-corrected chi connectivity index (χ2v) is 5.51.